The number of rotatable bonds is 6. The van der Waals surface area contributed by atoms with Crippen LogP contribution >= 0.6 is 12.4 Å². The molecule has 34 heavy (non-hydrogen) atoms. The lowest BCUT2D eigenvalue weighted by Crippen LogP contribution is -2.42. The average molecular weight is 483 g/mol. The Bertz CT molecular complexity index is 1100. The molecule has 0 bridgehead atoms. The van der Waals surface area contributed by atoms with Crippen LogP contribution in [0.1, 0.15) is 50.1 Å². The van der Waals surface area contributed by atoms with Gasteiger partial charge in [-0.3, -0.25) is 4.90 Å². The molecule has 2 aromatic heterocycles. The molecular formula is C26H35ClN6O. The number of benzene rings is 1. The van der Waals surface area contributed by atoms with E-state index in [1.54, 1.807) is 0 Å². The number of piperazine rings is 1. The van der Waals surface area contributed by atoms with Gasteiger partial charge in [-0.15, -0.1) is 12.4 Å². The van der Waals surface area contributed by atoms with E-state index in [9.17, 15) is 5.11 Å². The van der Waals surface area contributed by atoms with Crippen molar-refractivity contribution in [1.29, 1.82) is 0 Å². The normalized spacial score (nSPS) is 23.6. The molecule has 0 spiro atoms. The number of nitrogens with zero attached hydrogens (tertiary/aromatic N) is 4. The van der Waals surface area contributed by atoms with Gasteiger partial charge in [-0.2, -0.15) is 4.98 Å². The second-order valence-corrected chi connectivity index (χ2v) is 9.98. The van der Waals surface area contributed by atoms with Gasteiger partial charge in [0.2, 0.25) is 5.95 Å². The molecule has 2 aliphatic carbocycles. The van der Waals surface area contributed by atoms with Crippen molar-refractivity contribution < 1.29 is 5.11 Å². The Kier molecular flexibility index (Phi) is 7.06. The zero-order valence-electron chi connectivity index (χ0n) is 19.6. The minimum absolute atomic E-state index is 0. The van der Waals surface area contributed by atoms with Crippen LogP contribution in [-0.2, 0) is 6.54 Å². The lowest BCUT2D eigenvalue weighted by molar-refractivity contribution is 0.111. The Hall–Kier alpha value is -2.19. The highest BCUT2D eigenvalue weighted by Crippen LogP contribution is 2.37. The molecule has 3 heterocycles. The number of anilines is 1. The van der Waals surface area contributed by atoms with Crippen LogP contribution in [-0.4, -0.2) is 62.9 Å². The fraction of sp³-hybridized carbons (Fsp3) is 0.538. The number of hydrogen-bond donors (Lipinski definition) is 3. The van der Waals surface area contributed by atoms with Crippen LogP contribution in [0.3, 0.4) is 0 Å². The molecule has 3 fully saturated rings. The Balaban J connectivity index is 0.00000241. The lowest BCUT2D eigenvalue weighted by atomic mass is 9.93. The maximum atomic E-state index is 10.0. The first kappa shape index (κ1) is 23.5. The summed E-state index contributed by atoms with van der Waals surface area (Å²) in [5.41, 5.74) is 4.78. The van der Waals surface area contributed by atoms with E-state index in [0.29, 0.717) is 12.1 Å². The van der Waals surface area contributed by atoms with Crippen molar-refractivity contribution in [2.75, 3.05) is 31.5 Å². The lowest BCUT2D eigenvalue weighted by Gasteiger charge is -2.27. The van der Waals surface area contributed by atoms with Crippen LogP contribution in [0.4, 0.5) is 5.95 Å². The van der Waals surface area contributed by atoms with Crippen LogP contribution in [0.2, 0.25) is 0 Å². The number of hydrogen-bond acceptors (Lipinski definition) is 6. The van der Waals surface area contributed by atoms with Crippen molar-refractivity contribution in [1.82, 2.24) is 24.8 Å². The Morgan fingerprint density at radius 2 is 1.74 bits per heavy atom. The number of aliphatic hydroxyl groups is 1. The third kappa shape index (κ3) is 5.08. The van der Waals surface area contributed by atoms with Crippen molar-refractivity contribution in [3.05, 3.63) is 42.2 Å². The first-order chi connectivity index (χ1) is 16.2. The van der Waals surface area contributed by atoms with Gasteiger partial charge >= 0.3 is 0 Å². The number of aliphatic hydroxyl groups excluding tert-OH is 1. The van der Waals surface area contributed by atoms with Crippen LogP contribution < -0.4 is 10.6 Å². The highest BCUT2D eigenvalue weighted by Gasteiger charge is 2.26. The second-order valence-electron chi connectivity index (χ2n) is 9.98. The van der Waals surface area contributed by atoms with Crippen molar-refractivity contribution in [2.45, 2.75) is 63.3 Å². The molecule has 1 aromatic carbocycles. The van der Waals surface area contributed by atoms with E-state index in [1.807, 2.05) is 6.20 Å². The summed E-state index contributed by atoms with van der Waals surface area (Å²) < 4.78 is 2.35. The molecule has 3 aromatic rings. The van der Waals surface area contributed by atoms with Crippen molar-refractivity contribution in [3.63, 3.8) is 0 Å². The highest BCUT2D eigenvalue weighted by molar-refractivity contribution is 5.94. The van der Waals surface area contributed by atoms with Crippen LogP contribution in [0.5, 0.6) is 0 Å². The maximum absolute atomic E-state index is 10.0. The molecular weight excluding hydrogens is 448 g/mol. The molecule has 0 atom stereocenters. The zero-order valence-corrected chi connectivity index (χ0v) is 20.4. The summed E-state index contributed by atoms with van der Waals surface area (Å²) in [5.74, 6) is 0.734. The van der Waals surface area contributed by atoms with Crippen LogP contribution in [0, 0.1) is 0 Å². The molecule has 0 radical (unpaired) electrons. The smallest absolute Gasteiger partial charge is 0.224 e. The molecule has 6 rings (SSSR count). The number of fused-ring (bicyclic) bond motifs is 1. The summed E-state index contributed by atoms with van der Waals surface area (Å²) in [4.78, 5) is 12.1. The van der Waals surface area contributed by atoms with Gasteiger partial charge in [-0.05, 0) is 49.7 Å². The molecule has 2 saturated carbocycles. The molecule has 1 saturated heterocycles. The summed E-state index contributed by atoms with van der Waals surface area (Å²) in [5, 5.41) is 18.0. The van der Waals surface area contributed by atoms with Gasteiger partial charge in [0.25, 0.3) is 0 Å². The number of nitrogens with one attached hydrogen (secondary N) is 2. The summed E-state index contributed by atoms with van der Waals surface area (Å²) in [6.45, 7) is 5.38. The van der Waals surface area contributed by atoms with Crippen molar-refractivity contribution in [3.8, 4) is 11.1 Å². The van der Waals surface area contributed by atoms with Crippen molar-refractivity contribution >= 4 is 29.4 Å². The Morgan fingerprint density at radius 1 is 1.00 bits per heavy atom. The maximum Gasteiger partial charge on any atom is 0.224 e. The SMILES string of the molecule is Cl.OC1CCC(n2cc(-c3ccc(CN4CCNCC4)cc3)c3cnc(NC4CC4)nc32)CC1. The Labute approximate surface area is 207 Å². The predicted octanol–water partition coefficient (Wildman–Crippen LogP) is 3.98. The largest absolute Gasteiger partial charge is 0.393 e. The van der Waals surface area contributed by atoms with Gasteiger partial charge in [0.1, 0.15) is 5.65 Å². The van der Waals surface area contributed by atoms with Gasteiger partial charge in [0.05, 0.1) is 6.10 Å². The van der Waals surface area contributed by atoms with Gasteiger partial charge in [-0.25, -0.2) is 4.98 Å². The van der Waals surface area contributed by atoms with E-state index in [-0.39, 0.29) is 18.5 Å². The minimum Gasteiger partial charge on any atom is -0.393 e. The van der Waals surface area contributed by atoms with Gasteiger partial charge in [-0.1, -0.05) is 24.3 Å². The zero-order chi connectivity index (χ0) is 22.2. The fourth-order valence-corrected chi connectivity index (χ4v) is 5.27. The third-order valence-electron chi connectivity index (χ3n) is 7.42. The predicted molar refractivity (Wildman–Crippen MR) is 139 cm³/mol. The molecule has 7 nitrogen and oxygen atoms in total. The second kappa shape index (κ2) is 10.2. The summed E-state index contributed by atoms with van der Waals surface area (Å²) in [7, 11) is 0. The monoisotopic (exact) mass is 482 g/mol. The quantitative estimate of drug-likeness (QED) is 0.493. The van der Waals surface area contributed by atoms with Gasteiger partial charge in [0.15, 0.2) is 0 Å². The van der Waals surface area contributed by atoms with E-state index in [1.165, 1.54) is 29.5 Å². The highest BCUT2D eigenvalue weighted by atomic mass is 35.5. The van der Waals surface area contributed by atoms with Crippen LogP contribution in [0.25, 0.3) is 22.2 Å². The van der Waals surface area contributed by atoms with Gasteiger partial charge in [0, 0.05) is 68.2 Å². The third-order valence-corrected chi connectivity index (χ3v) is 7.42. The molecule has 3 aliphatic rings. The van der Waals surface area contributed by atoms with Crippen LogP contribution in [0.15, 0.2) is 36.7 Å². The van der Waals surface area contributed by atoms with E-state index in [2.05, 4.69) is 55.5 Å². The van der Waals surface area contributed by atoms with Gasteiger partial charge < -0.3 is 20.3 Å². The summed E-state index contributed by atoms with van der Waals surface area (Å²) >= 11 is 0. The molecule has 3 N–H and O–H groups in total. The number of aromatic nitrogens is 3. The molecule has 0 amide bonds. The average Bonchev–Trinajstić information content (AvgIpc) is 3.59. The molecule has 1 aliphatic heterocycles. The standard InChI is InChI=1S/C26H34N6O.ClH/c33-22-9-7-21(8-10-22)32-17-24(23-15-28-26(30-25(23)32)29-20-5-6-20)19-3-1-18(2-4-19)16-31-13-11-27-12-14-31;/h1-4,15,17,20-22,27,33H,5-14,16H2,(H,28,29,30);1H. The summed E-state index contributed by atoms with van der Waals surface area (Å²) in [6.07, 6.45) is 10.2. The topological polar surface area (TPSA) is 78.2 Å². The minimum atomic E-state index is -0.160. The van der Waals surface area contributed by atoms with E-state index < -0.39 is 0 Å². The first-order valence-corrected chi connectivity index (χ1v) is 12.6. The first-order valence-electron chi connectivity index (χ1n) is 12.6. The van der Waals surface area contributed by atoms with E-state index in [4.69, 9.17) is 4.98 Å². The summed E-state index contributed by atoms with van der Waals surface area (Å²) in [6, 6.07) is 9.93. The molecule has 8 heteroatoms. The number of halogens is 1. The molecule has 0 unspecified atom stereocenters. The van der Waals surface area contributed by atoms with E-state index in [0.717, 1.165) is 75.4 Å². The fourth-order valence-electron chi connectivity index (χ4n) is 5.27. The molecule has 182 valence electrons. The van der Waals surface area contributed by atoms with Crippen molar-refractivity contribution in [2.24, 2.45) is 0 Å². The van der Waals surface area contributed by atoms with E-state index >= 15 is 0 Å². The Morgan fingerprint density at radius 3 is 2.44 bits per heavy atom.